The minimum absolute atomic E-state index is 0.224. The average molecular weight is 349 g/mol. The monoisotopic (exact) mass is 349 g/mol. The van der Waals surface area contributed by atoms with E-state index in [1.165, 1.54) is 6.08 Å². The number of carbonyl (C=O) groups excluding carboxylic acids is 1. The molecular formula is C19H19N5O2. The largest absolute Gasteiger partial charge is 0.378 e. The van der Waals surface area contributed by atoms with Gasteiger partial charge in [-0.15, -0.1) is 0 Å². The van der Waals surface area contributed by atoms with Crippen LogP contribution in [0.5, 0.6) is 0 Å². The summed E-state index contributed by atoms with van der Waals surface area (Å²) in [5, 5.41) is 7.17. The van der Waals surface area contributed by atoms with Gasteiger partial charge in [-0.1, -0.05) is 30.3 Å². The number of hydrogen-bond acceptors (Lipinski definition) is 5. The van der Waals surface area contributed by atoms with E-state index in [1.54, 1.807) is 16.8 Å². The zero-order chi connectivity index (χ0) is 17.8. The summed E-state index contributed by atoms with van der Waals surface area (Å²) < 4.78 is 7.20. The third kappa shape index (κ3) is 3.57. The Morgan fingerprint density at radius 2 is 1.96 bits per heavy atom. The Morgan fingerprint density at radius 1 is 1.15 bits per heavy atom. The highest BCUT2D eigenvalue weighted by Crippen LogP contribution is 2.21. The van der Waals surface area contributed by atoms with Crippen molar-refractivity contribution in [2.45, 2.75) is 0 Å². The molecule has 0 bridgehead atoms. The van der Waals surface area contributed by atoms with Gasteiger partial charge in [0.25, 0.3) is 0 Å². The second-order valence-corrected chi connectivity index (χ2v) is 5.93. The van der Waals surface area contributed by atoms with E-state index in [0.29, 0.717) is 24.7 Å². The van der Waals surface area contributed by atoms with Gasteiger partial charge in [-0.3, -0.25) is 4.79 Å². The smallest absolute Gasteiger partial charge is 0.249 e. The first-order chi connectivity index (χ1) is 12.8. The minimum Gasteiger partial charge on any atom is -0.378 e. The van der Waals surface area contributed by atoms with Gasteiger partial charge in [0.1, 0.15) is 11.6 Å². The van der Waals surface area contributed by atoms with Gasteiger partial charge in [-0.05, 0) is 11.6 Å². The minimum atomic E-state index is -0.224. The Hall–Kier alpha value is -3.19. The molecule has 1 N–H and O–H groups in total. The summed E-state index contributed by atoms with van der Waals surface area (Å²) in [6.45, 7) is 2.90. The van der Waals surface area contributed by atoms with Crippen LogP contribution >= 0.6 is 0 Å². The van der Waals surface area contributed by atoms with Crippen molar-refractivity contribution in [1.29, 1.82) is 0 Å². The second-order valence-electron chi connectivity index (χ2n) is 5.93. The lowest BCUT2D eigenvalue weighted by atomic mass is 10.2. The second kappa shape index (κ2) is 7.37. The topological polar surface area (TPSA) is 71.8 Å². The first-order valence-electron chi connectivity index (χ1n) is 8.51. The number of fused-ring (bicyclic) bond motifs is 1. The Balaban J connectivity index is 1.56. The number of nitrogens with one attached hydrogen (secondary N) is 1. The molecule has 0 radical (unpaired) electrons. The van der Waals surface area contributed by atoms with Crippen LogP contribution in [0.25, 0.3) is 11.7 Å². The lowest BCUT2D eigenvalue weighted by Gasteiger charge is -2.29. The van der Waals surface area contributed by atoms with Crippen molar-refractivity contribution in [2.24, 2.45) is 0 Å². The predicted octanol–water partition coefficient (Wildman–Crippen LogP) is 2.22. The maximum absolute atomic E-state index is 12.3. The van der Waals surface area contributed by atoms with Crippen LogP contribution in [-0.2, 0) is 9.53 Å². The molecule has 4 rings (SSSR count). The predicted molar refractivity (Wildman–Crippen MR) is 100 cm³/mol. The van der Waals surface area contributed by atoms with E-state index in [9.17, 15) is 4.79 Å². The molecule has 1 aromatic carbocycles. The van der Waals surface area contributed by atoms with E-state index in [2.05, 4.69) is 20.3 Å². The van der Waals surface area contributed by atoms with Gasteiger partial charge >= 0.3 is 0 Å². The molecule has 0 spiro atoms. The van der Waals surface area contributed by atoms with Crippen LogP contribution < -0.4 is 10.2 Å². The summed E-state index contributed by atoms with van der Waals surface area (Å²) >= 11 is 0. The van der Waals surface area contributed by atoms with Gasteiger partial charge in [0.05, 0.1) is 19.4 Å². The standard InChI is InChI=1S/C19H19N5O2/c25-18(7-6-15-4-2-1-3-5-15)22-16-14-19(23-10-12-26-13-11-23)24-17(21-16)8-9-20-24/h1-9,14H,10-13H2,(H,21,22,25). The first-order valence-corrected chi connectivity index (χ1v) is 8.51. The summed E-state index contributed by atoms with van der Waals surface area (Å²) in [6, 6.07) is 13.4. The Labute approximate surface area is 150 Å². The van der Waals surface area contributed by atoms with Crippen LogP contribution in [-0.4, -0.2) is 46.8 Å². The third-order valence-corrected chi connectivity index (χ3v) is 4.15. The molecule has 0 atom stereocenters. The van der Waals surface area contributed by atoms with E-state index >= 15 is 0 Å². The maximum Gasteiger partial charge on any atom is 0.249 e. The fraction of sp³-hybridized carbons (Fsp3) is 0.211. The zero-order valence-electron chi connectivity index (χ0n) is 14.2. The molecule has 7 nitrogen and oxygen atoms in total. The number of benzene rings is 1. The number of nitrogens with zero attached hydrogens (tertiary/aromatic N) is 4. The highest BCUT2D eigenvalue weighted by Gasteiger charge is 2.17. The SMILES string of the molecule is O=C(C=Cc1ccccc1)Nc1cc(N2CCOCC2)n2nccc2n1. The third-order valence-electron chi connectivity index (χ3n) is 4.15. The van der Waals surface area contributed by atoms with E-state index < -0.39 is 0 Å². The van der Waals surface area contributed by atoms with Gasteiger partial charge in [-0.2, -0.15) is 9.61 Å². The lowest BCUT2D eigenvalue weighted by Crippen LogP contribution is -2.37. The van der Waals surface area contributed by atoms with Crippen LogP contribution in [0.15, 0.2) is 54.7 Å². The molecule has 2 aromatic heterocycles. The molecule has 3 aromatic rings. The van der Waals surface area contributed by atoms with Crippen LogP contribution in [0.4, 0.5) is 11.6 Å². The van der Waals surface area contributed by atoms with Crippen molar-refractivity contribution in [3.63, 3.8) is 0 Å². The van der Waals surface area contributed by atoms with Crippen molar-refractivity contribution in [3.05, 3.63) is 60.3 Å². The number of anilines is 2. The summed E-state index contributed by atoms with van der Waals surface area (Å²) in [6.07, 6.45) is 4.98. The zero-order valence-corrected chi connectivity index (χ0v) is 14.2. The van der Waals surface area contributed by atoms with Crippen LogP contribution in [0.3, 0.4) is 0 Å². The van der Waals surface area contributed by atoms with Gasteiger partial charge in [0.15, 0.2) is 5.65 Å². The fourth-order valence-corrected chi connectivity index (χ4v) is 2.88. The number of rotatable bonds is 4. The van der Waals surface area contributed by atoms with E-state index in [0.717, 1.165) is 24.5 Å². The molecule has 1 fully saturated rings. The first kappa shape index (κ1) is 16.3. The van der Waals surface area contributed by atoms with Crippen LogP contribution in [0.2, 0.25) is 0 Å². The van der Waals surface area contributed by atoms with E-state index in [-0.39, 0.29) is 5.91 Å². The van der Waals surface area contributed by atoms with Gasteiger partial charge in [-0.25, -0.2) is 4.98 Å². The lowest BCUT2D eigenvalue weighted by molar-refractivity contribution is -0.111. The molecule has 132 valence electrons. The summed E-state index contributed by atoms with van der Waals surface area (Å²) in [4.78, 5) is 18.9. The van der Waals surface area contributed by atoms with Crippen molar-refractivity contribution in [2.75, 3.05) is 36.5 Å². The van der Waals surface area contributed by atoms with Crippen LogP contribution in [0, 0.1) is 0 Å². The molecule has 1 aliphatic heterocycles. The molecule has 7 heteroatoms. The number of carbonyl (C=O) groups is 1. The summed E-state index contributed by atoms with van der Waals surface area (Å²) in [5.41, 5.74) is 1.66. The Bertz CT molecular complexity index is 930. The normalized spacial score (nSPS) is 14.8. The molecular weight excluding hydrogens is 330 g/mol. The molecule has 0 saturated carbocycles. The van der Waals surface area contributed by atoms with Crippen molar-refractivity contribution >= 4 is 29.3 Å². The molecule has 0 aliphatic carbocycles. The molecule has 0 unspecified atom stereocenters. The number of ether oxygens (including phenoxy) is 1. The van der Waals surface area contributed by atoms with Gasteiger partial charge < -0.3 is 15.0 Å². The highest BCUT2D eigenvalue weighted by atomic mass is 16.5. The maximum atomic E-state index is 12.3. The number of aromatic nitrogens is 3. The molecule has 1 saturated heterocycles. The number of morpholine rings is 1. The summed E-state index contributed by atoms with van der Waals surface area (Å²) in [7, 11) is 0. The number of amides is 1. The van der Waals surface area contributed by atoms with Gasteiger partial charge in [0, 0.05) is 31.3 Å². The Kier molecular flexibility index (Phi) is 4.61. The quantitative estimate of drug-likeness (QED) is 0.731. The van der Waals surface area contributed by atoms with Gasteiger partial charge in [0.2, 0.25) is 5.91 Å². The van der Waals surface area contributed by atoms with E-state index in [1.807, 2.05) is 42.5 Å². The molecule has 26 heavy (non-hydrogen) atoms. The molecule has 3 heterocycles. The van der Waals surface area contributed by atoms with Crippen molar-refractivity contribution < 1.29 is 9.53 Å². The Morgan fingerprint density at radius 3 is 2.77 bits per heavy atom. The highest BCUT2D eigenvalue weighted by molar-refractivity contribution is 6.01. The van der Waals surface area contributed by atoms with Crippen molar-refractivity contribution in [3.8, 4) is 0 Å². The molecule has 1 aliphatic rings. The fourth-order valence-electron chi connectivity index (χ4n) is 2.88. The molecule has 1 amide bonds. The van der Waals surface area contributed by atoms with Crippen molar-refractivity contribution in [1.82, 2.24) is 14.6 Å². The van der Waals surface area contributed by atoms with Crippen LogP contribution in [0.1, 0.15) is 5.56 Å². The van der Waals surface area contributed by atoms with E-state index in [4.69, 9.17) is 4.74 Å². The average Bonchev–Trinajstić information content (AvgIpc) is 3.16. The summed E-state index contributed by atoms with van der Waals surface area (Å²) in [5.74, 6) is 1.17. The number of hydrogen-bond donors (Lipinski definition) is 1.